The molecule has 3 aromatic rings. The summed E-state index contributed by atoms with van der Waals surface area (Å²) < 4.78 is 21.0. The van der Waals surface area contributed by atoms with Gasteiger partial charge in [0.1, 0.15) is 17.7 Å². The van der Waals surface area contributed by atoms with Gasteiger partial charge >= 0.3 is 0 Å². The number of ether oxygens (including phenoxy) is 1. The van der Waals surface area contributed by atoms with E-state index in [1.165, 1.54) is 12.1 Å². The Kier molecular flexibility index (Phi) is 4.54. The molecule has 0 spiro atoms. The summed E-state index contributed by atoms with van der Waals surface area (Å²) in [5, 5.41) is 0.192. The maximum absolute atomic E-state index is 14.9. The summed E-state index contributed by atoms with van der Waals surface area (Å²) in [6.45, 7) is 0. The summed E-state index contributed by atoms with van der Waals surface area (Å²) in [6, 6.07) is 15.8. The maximum Gasteiger partial charge on any atom is 0.249 e. The van der Waals surface area contributed by atoms with Gasteiger partial charge in [-0.3, -0.25) is 4.79 Å². The summed E-state index contributed by atoms with van der Waals surface area (Å²) in [7, 11) is 0. The van der Waals surface area contributed by atoms with Crippen LogP contribution in [-0.2, 0) is 6.42 Å². The molecule has 0 saturated carbocycles. The van der Waals surface area contributed by atoms with Gasteiger partial charge in [0.05, 0.1) is 10.6 Å². The van der Waals surface area contributed by atoms with E-state index in [-0.39, 0.29) is 22.3 Å². The van der Waals surface area contributed by atoms with Crippen LogP contribution in [0.1, 0.15) is 27.6 Å². The minimum atomic E-state index is -0.757. The normalized spacial score (nSPS) is 15.3. The maximum atomic E-state index is 14.9. The third-order valence-corrected chi connectivity index (χ3v) is 5.27. The lowest BCUT2D eigenvalue weighted by atomic mass is 9.91. The third-order valence-electron chi connectivity index (χ3n) is 4.66. The molecule has 0 saturated heterocycles. The highest BCUT2D eigenvalue weighted by Crippen LogP contribution is 2.47. The summed E-state index contributed by atoms with van der Waals surface area (Å²) in [5.74, 6) is -0.891. The number of hydrogen-bond donors (Lipinski definition) is 1. The first kappa shape index (κ1) is 17.8. The summed E-state index contributed by atoms with van der Waals surface area (Å²) in [6.07, 6.45) is 0.261. The van der Waals surface area contributed by atoms with Crippen molar-refractivity contribution in [2.24, 2.45) is 5.73 Å². The van der Waals surface area contributed by atoms with Crippen molar-refractivity contribution in [3.63, 3.8) is 0 Å². The average molecular weight is 402 g/mol. The van der Waals surface area contributed by atoms with Crippen LogP contribution in [0, 0.1) is 5.82 Å². The SMILES string of the molecule is NC(=O)c1ccc(Cl)c(F)c1-c1c(Cl)ccc2c1CC(c1ccccc1)O2. The Morgan fingerprint density at radius 2 is 1.70 bits per heavy atom. The first-order valence-electron chi connectivity index (χ1n) is 8.28. The van der Waals surface area contributed by atoms with Gasteiger partial charge in [-0.05, 0) is 29.8 Å². The molecule has 1 unspecified atom stereocenters. The zero-order valence-corrected chi connectivity index (χ0v) is 15.5. The van der Waals surface area contributed by atoms with Crippen LogP contribution in [0.5, 0.6) is 5.75 Å². The Balaban J connectivity index is 1.91. The molecule has 0 fully saturated rings. The van der Waals surface area contributed by atoms with E-state index in [1.54, 1.807) is 12.1 Å². The van der Waals surface area contributed by atoms with Gasteiger partial charge in [-0.2, -0.15) is 0 Å². The van der Waals surface area contributed by atoms with E-state index in [0.717, 1.165) is 11.1 Å². The molecule has 1 aliphatic rings. The van der Waals surface area contributed by atoms with Gasteiger partial charge in [0.15, 0.2) is 0 Å². The smallest absolute Gasteiger partial charge is 0.249 e. The molecule has 27 heavy (non-hydrogen) atoms. The molecule has 1 amide bonds. The molecular weight excluding hydrogens is 388 g/mol. The quantitative estimate of drug-likeness (QED) is 0.622. The fourth-order valence-corrected chi connectivity index (χ4v) is 3.85. The van der Waals surface area contributed by atoms with Crippen molar-refractivity contribution in [2.75, 3.05) is 0 Å². The molecular formula is C21H14Cl2FNO2. The second-order valence-electron chi connectivity index (χ2n) is 6.27. The molecule has 6 heteroatoms. The highest BCUT2D eigenvalue weighted by molar-refractivity contribution is 6.34. The van der Waals surface area contributed by atoms with Crippen LogP contribution in [0.25, 0.3) is 11.1 Å². The van der Waals surface area contributed by atoms with Crippen molar-refractivity contribution in [2.45, 2.75) is 12.5 Å². The van der Waals surface area contributed by atoms with Crippen molar-refractivity contribution in [1.82, 2.24) is 0 Å². The summed E-state index contributed by atoms with van der Waals surface area (Å²) in [4.78, 5) is 11.9. The topological polar surface area (TPSA) is 52.3 Å². The molecule has 0 radical (unpaired) electrons. The molecule has 3 aromatic carbocycles. The first-order valence-corrected chi connectivity index (χ1v) is 9.04. The van der Waals surface area contributed by atoms with E-state index in [2.05, 4.69) is 0 Å². The minimum absolute atomic E-state index is 0.00848. The van der Waals surface area contributed by atoms with E-state index in [0.29, 0.717) is 22.8 Å². The molecule has 0 aromatic heterocycles. The van der Waals surface area contributed by atoms with Crippen LogP contribution in [0.2, 0.25) is 10.0 Å². The fraction of sp³-hybridized carbons (Fsp3) is 0.0952. The number of fused-ring (bicyclic) bond motifs is 1. The molecule has 136 valence electrons. The Hall–Kier alpha value is -2.56. The predicted octanol–water partition coefficient (Wildman–Crippen LogP) is 5.57. The Labute approximate surface area is 165 Å². The van der Waals surface area contributed by atoms with E-state index >= 15 is 0 Å². The molecule has 2 N–H and O–H groups in total. The molecule has 1 aliphatic heterocycles. The zero-order valence-electron chi connectivity index (χ0n) is 14.0. The molecule has 4 rings (SSSR count). The van der Waals surface area contributed by atoms with Gasteiger partial charge in [-0.25, -0.2) is 4.39 Å². The van der Waals surface area contributed by atoms with E-state index in [1.807, 2.05) is 30.3 Å². The number of halogens is 3. The van der Waals surface area contributed by atoms with Gasteiger partial charge in [0.2, 0.25) is 5.91 Å². The van der Waals surface area contributed by atoms with Gasteiger partial charge in [0.25, 0.3) is 0 Å². The average Bonchev–Trinajstić information content (AvgIpc) is 3.09. The number of carbonyl (C=O) groups is 1. The molecule has 3 nitrogen and oxygen atoms in total. The fourth-order valence-electron chi connectivity index (χ4n) is 3.42. The second kappa shape index (κ2) is 6.87. The molecule has 1 heterocycles. The monoisotopic (exact) mass is 401 g/mol. The predicted molar refractivity (Wildman–Crippen MR) is 104 cm³/mol. The van der Waals surface area contributed by atoms with Gasteiger partial charge < -0.3 is 10.5 Å². The van der Waals surface area contributed by atoms with Crippen LogP contribution < -0.4 is 10.5 Å². The number of primary amides is 1. The standard InChI is InChI=1S/C21H14Cl2FNO2/c22-14-8-9-16-13(10-17(27-16)11-4-2-1-3-5-11)18(14)19-12(21(25)26)6-7-15(23)20(19)24/h1-9,17H,10H2,(H2,25,26). The zero-order chi connectivity index (χ0) is 19.1. The lowest BCUT2D eigenvalue weighted by Gasteiger charge is -2.14. The Morgan fingerprint density at radius 3 is 2.41 bits per heavy atom. The van der Waals surface area contributed by atoms with Crippen molar-refractivity contribution in [3.05, 3.63) is 87.2 Å². The molecule has 1 atom stereocenters. The van der Waals surface area contributed by atoms with E-state index < -0.39 is 11.7 Å². The van der Waals surface area contributed by atoms with Gasteiger partial charge in [-0.15, -0.1) is 0 Å². The number of rotatable bonds is 3. The third kappa shape index (κ3) is 3.05. The van der Waals surface area contributed by atoms with Gasteiger partial charge in [0, 0.05) is 28.1 Å². The summed E-state index contributed by atoms with van der Waals surface area (Å²) >= 11 is 12.4. The van der Waals surface area contributed by atoms with Crippen molar-refractivity contribution >= 4 is 29.1 Å². The largest absolute Gasteiger partial charge is 0.485 e. The second-order valence-corrected chi connectivity index (χ2v) is 7.08. The molecule has 0 bridgehead atoms. The van der Waals surface area contributed by atoms with Crippen LogP contribution in [-0.4, -0.2) is 5.91 Å². The minimum Gasteiger partial charge on any atom is -0.485 e. The Morgan fingerprint density at radius 1 is 1.00 bits per heavy atom. The van der Waals surface area contributed by atoms with Crippen LogP contribution in [0.15, 0.2) is 54.6 Å². The lowest BCUT2D eigenvalue weighted by Crippen LogP contribution is -2.14. The lowest BCUT2D eigenvalue weighted by molar-refractivity contribution is 0.100. The van der Waals surface area contributed by atoms with Crippen molar-refractivity contribution < 1.29 is 13.9 Å². The highest BCUT2D eigenvalue weighted by atomic mass is 35.5. The first-order chi connectivity index (χ1) is 13.0. The highest BCUT2D eigenvalue weighted by Gasteiger charge is 2.31. The summed E-state index contributed by atoms with van der Waals surface area (Å²) in [5.41, 5.74) is 7.60. The van der Waals surface area contributed by atoms with Crippen molar-refractivity contribution in [1.29, 1.82) is 0 Å². The Bertz CT molecular complexity index is 1050. The van der Waals surface area contributed by atoms with Crippen LogP contribution in [0.4, 0.5) is 4.39 Å². The number of carbonyl (C=O) groups excluding carboxylic acids is 1. The van der Waals surface area contributed by atoms with Crippen LogP contribution >= 0.6 is 23.2 Å². The molecule has 0 aliphatic carbocycles. The number of nitrogens with two attached hydrogens (primary N) is 1. The van der Waals surface area contributed by atoms with E-state index in [9.17, 15) is 9.18 Å². The number of amides is 1. The van der Waals surface area contributed by atoms with Gasteiger partial charge in [-0.1, -0.05) is 53.5 Å². The number of benzene rings is 3. The number of hydrogen-bond acceptors (Lipinski definition) is 2. The van der Waals surface area contributed by atoms with Crippen LogP contribution in [0.3, 0.4) is 0 Å². The van der Waals surface area contributed by atoms with Crippen molar-refractivity contribution in [3.8, 4) is 16.9 Å². The van der Waals surface area contributed by atoms with E-state index in [4.69, 9.17) is 33.7 Å².